The number of carbonyl (C=O) groups is 4. The molecule has 3 aliphatic rings. The van der Waals surface area contributed by atoms with Crippen LogP contribution in [0.2, 0.25) is 0 Å². The highest BCUT2D eigenvalue weighted by Gasteiger charge is 2.44. The number of aromatic nitrogens is 3. The van der Waals surface area contributed by atoms with Crippen molar-refractivity contribution in [3.63, 3.8) is 0 Å². The van der Waals surface area contributed by atoms with Gasteiger partial charge in [0, 0.05) is 39.1 Å². The number of hydrogen-bond donors (Lipinski definition) is 1. The number of hydrogen-bond acceptors (Lipinski definition) is 9. The van der Waals surface area contributed by atoms with Crippen LogP contribution < -0.4 is 10.2 Å². The van der Waals surface area contributed by atoms with E-state index in [4.69, 9.17) is 0 Å². The van der Waals surface area contributed by atoms with Gasteiger partial charge in [0.15, 0.2) is 0 Å². The first-order chi connectivity index (χ1) is 15.5. The Morgan fingerprint density at radius 2 is 1.66 bits per heavy atom. The van der Waals surface area contributed by atoms with Crippen LogP contribution in [0.15, 0.2) is 30.9 Å². The van der Waals surface area contributed by atoms with Crippen molar-refractivity contribution >= 4 is 29.6 Å². The van der Waals surface area contributed by atoms with Gasteiger partial charge < -0.3 is 4.90 Å². The van der Waals surface area contributed by atoms with Crippen molar-refractivity contribution in [2.24, 2.45) is 0 Å². The van der Waals surface area contributed by atoms with Gasteiger partial charge in [-0.2, -0.15) is 0 Å². The van der Waals surface area contributed by atoms with Crippen molar-refractivity contribution in [2.45, 2.75) is 25.4 Å². The lowest BCUT2D eigenvalue weighted by atomic mass is 10.0. The highest BCUT2D eigenvalue weighted by Crippen LogP contribution is 2.28. The third kappa shape index (κ3) is 3.60. The minimum absolute atomic E-state index is 0.103. The maximum absolute atomic E-state index is 13.0. The minimum Gasteiger partial charge on any atom is -0.338 e. The summed E-state index contributed by atoms with van der Waals surface area (Å²) in [6.07, 6.45) is 3.21. The standard InChI is InChI=1S/C21H21N7O4/c29-17-4-3-16(18(30)25-17)28-19(31)14-2-1-13(9-15(14)20(28)32)10-26-5-7-27(8-6-26)21-23-11-22-12-24-21/h1-2,9,11-12,16H,3-8,10H2,(H,25,29,30). The molecule has 5 rings (SSSR count). The molecule has 0 aliphatic carbocycles. The lowest BCUT2D eigenvalue weighted by Gasteiger charge is -2.34. The summed E-state index contributed by atoms with van der Waals surface area (Å²) in [7, 11) is 0. The van der Waals surface area contributed by atoms with E-state index in [2.05, 4.69) is 30.1 Å². The summed E-state index contributed by atoms with van der Waals surface area (Å²) in [5.74, 6) is -1.30. The van der Waals surface area contributed by atoms with Gasteiger partial charge in [-0.15, -0.1) is 0 Å². The normalized spacial score (nSPS) is 21.7. The summed E-state index contributed by atoms with van der Waals surface area (Å²) < 4.78 is 0. The van der Waals surface area contributed by atoms with Crippen LogP contribution in [0.25, 0.3) is 0 Å². The van der Waals surface area contributed by atoms with Crippen molar-refractivity contribution < 1.29 is 19.2 Å². The zero-order valence-corrected chi connectivity index (χ0v) is 17.2. The fourth-order valence-corrected chi connectivity index (χ4v) is 4.38. The van der Waals surface area contributed by atoms with Crippen LogP contribution in [0, 0.1) is 0 Å². The number of carbonyl (C=O) groups excluding carboxylic acids is 4. The van der Waals surface area contributed by atoms with Gasteiger partial charge in [0.05, 0.1) is 11.1 Å². The molecule has 1 aromatic carbocycles. The predicted molar refractivity (Wildman–Crippen MR) is 110 cm³/mol. The van der Waals surface area contributed by atoms with Crippen LogP contribution in [0.5, 0.6) is 0 Å². The average molecular weight is 435 g/mol. The number of imide groups is 2. The van der Waals surface area contributed by atoms with Crippen LogP contribution in [-0.4, -0.2) is 80.6 Å². The van der Waals surface area contributed by atoms with Gasteiger partial charge in [-0.3, -0.25) is 34.3 Å². The van der Waals surface area contributed by atoms with E-state index in [1.54, 1.807) is 12.1 Å². The molecular formula is C21H21N7O4. The van der Waals surface area contributed by atoms with E-state index >= 15 is 0 Å². The molecule has 2 fully saturated rings. The highest BCUT2D eigenvalue weighted by molar-refractivity contribution is 6.23. The number of piperidine rings is 1. The lowest BCUT2D eigenvalue weighted by Crippen LogP contribution is -2.54. The smallest absolute Gasteiger partial charge is 0.262 e. The third-order valence-electron chi connectivity index (χ3n) is 6.05. The molecule has 0 saturated carbocycles. The molecule has 2 saturated heterocycles. The molecule has 0 bridgehead atoms. The fraction of sp³-hybridized carbons (Fsp3) is 0.381. The van der Waals surface area contributed by atoms with Gasteiger partial charge in [-0.05, 0) is 24.1 Å². The summed E-state index contributed by atoms with van der Waals surface area (Å²) >= 11 is 0. The first-order valence-electron chi connectivity index (χ1n) is 10.4. The van der Waals surface area contributed by atoms with Crippen molar-refractivity contribution in [3.05, 3.63) is 47.5 Å². The number of benzene rings is 1. The number of nitrogens with zero attached hydrogens (tertiary/aromatic N) is 6. The Labute approximate surface area is 183 Å². The maximum Gasteiger partial charge on any atom is 0.262 e. The first-order valence-corrected chi connectivity index (χ1v) is 10.4. The lowest BCUT2D eigenvalue weighted by molar-refractivity contribution is -0.136. The third-order valence-corrected chi connectivity index (χ3v) is 6.05. The summed E-state index contributed by atoms with van der Waals surface area (Å²) in [6, 6.07) is 4.28. The van der Waals surface area contributed by atoms with Gasteiger partial charge in [-0.1, -0.05) is 6.07 Å². The molecule has 1 N–H and O–H groups in total. The molecule has 0 radical (unpaired) electrons. The SMILES string of the molecule is O=C1CCC(N2C(=O)c3ccc(CN4CCN(c5ncncn5)CC4)cc3C2=O)C(=O)N1. The summed E-state index contributed by atoms with van der Waals surface area (Å²) in [5.41, 5.74) is 1.52. The predicted octanol–water partition coefficient (Wildman–Crippen LogP) is -0.405. The van der Waals surface area contributed by atoms with E-state index in [0.29, 0.717) is 23.6 Å². The second-order valence-electron chi connectivity index (χ2n) is 8.03. The van der Waals surface area contributed by atoms with Crippen LogP contribution in [0.4, 0.5) is 5.95 Å². The second-order valence-corrected chi connectivity index (χ2v) is 8.03. The van der Waals surface area contributed by atoms with Crippen molar-refractivity contribution in [2.75, 3.05) is 31.1 Å². The van der Waals surface area contributed by atoms with E-state index in [0.717, 1.165) is 36.6 Å². The van der Waals surface area contributed by atoms with Gasteiger partial charge in [0.1, 0.15) is 18.7 Å². The van der Waals surface area contributed by atoms with Gasteiger partial charge in [-0.25, -0.2) is 15.0 Å². The fourth-order valence-electron chi connectivity index (χ4n) is 4.38. The average Bonchev–Trinajstić information content (AvgIpc) is 3.05. The molecule has 11 heteroatoms. The molecule has 3 aliphatic heterocycles. The summed E-state index contributed by atoms with van der Waals surface area (Å²) in [4.78, 5) is 67.0. The molecule has 11 nitrogen and oxygen atoms in total. The van der Waals surface area contributed by atoms with Crippen LogP contribution in [0.1, 0.15) is 39.1 Å². The van der Waals surface area contributed by atoms with Crippen molar-refractivity contribution in [1.29, 1.82) is 0 Å². The number of rotatable bonds is 4. The number of amides is 4. The zero-order chi connectivity index (χ0) is 22.2. The maximum atomic E-state index is 13.0. The Balaban J connectivity index is 1.26. The quantitative estimate of drug-likeness (QED) is 0.638. The largest absolute Gasteiger partial charge is 0.338 e. The summed E-state index contributed by atoms with van der Waals surface area (Å²) in [6.45, 7) is 3.79. The number of fused-ring (bicyclic) bond motifs is 1. The number of nitrogens with one attached hydrogen (secondary N) is 1. The molecule has 1 aromatic heterocycles. The van der Waals surface area contributed by atoms with Crippen molar-refractivity contribution in [1.82, 2.24) is 30.1 Å². The molecule has 164 valence electrons. The minimum atomic E-state index is -0.952. The van der Waals surface area contributed by atoms with Crippen LogP contribution in [-0.2, 0) is 16.1 Å². The molecule has 4 heterocycles. The number of anilines is 1. The second kappa shape index (κ2) is 8.08. The molecule has 1 unspecified atom stereocenters. The van der Waals surface area contributed by atoms with Crippen LogP contribution >= 0.6 is 0 Å². The molecule has 32 heavy (non-hydrogen) atoms. The Morgan fingerprint density at radius 1 is 0.938 bits per heavy atom. The molecule has 1 atom stereocenters. The van der Waals surface area contributed by atoms with Crippen molar-refractivity contribution in [3.8, 4) is 0 Å². The molecule has 4 amide bonds. The molecule has 0 spiro atoms. The zero-order valence-electron chi connectivity index (χ0n) is 17.2. The monoisotopic (exact) mass is 435 g/mol. The topological polar surface area (TPSA) is 129 Å². The Kier molecular flexibility index (Phi) is 5.10. The highest BCUT2D eigenvalue weighted by atomic mass is 16.2. The Hall–Kier alpha value is -3.73. The molecular weight excluding hydrogens is 414 g/mol. The van der Waals surface area contributed by atoms with E-state index in [-0.39, 0.29) is 18.7 Å². The van der Waals surface area contributed by atoms with E-state index < -0.39 is 23.8 Å². The van der Waals surface area contributed by atoms with Gasteiger partial charge >= 0.3 is 0 Å². The number of piperazine rings is 1. The first kappa shape index (κ1) is 20.2. The van der Waals surface area contributed by atoms with E-state index in [9.17, 15) is 19.2 Å². The van der Waals surface area contributed by atoms with E-state index in [1.807, 2.05) is 6.07 Å². The van der Waals surface area contributed by atoms with Crippen LogP contribution in [0.3, 0.4) is 0 Å². The van der Waals surface area contributed by atoms with E-state index in [1.165, 1.54) is 12.7 Å². The van der Waals surface area contributed by atoms with Gasteiger partial charge in [0.25, 0.3) is 11.8 Å². The Morgan fingerprint density at radius 3 is 2.38 bits per heavy atom. The Bertz CT molecular complexity index is 1100. The van der Waals surface area contributed by atoms with Gasteiger partial charge in [0.2, 0.25) is 17.8 Å². The summed E-state index contributed by atoms with van der Waals surface area (Å²) in [5, 5.41) is 2.21. The molecule has 2 aromatic rings.